The Kier molecular flexibility index (Phi) is 9.66. The van der Waals surface area contributed by atoms with Gasteiger partial charge < -0.3 is 25.0 Å². The quantitative estimate of drug-likeness (QED) is 0.343. The molecule has 1 unspecified atom stereocenters. The normalized spacial score (nSPS) is 15.1. The first-order chi connectivity index (χ1) is 15.2. The van der Waals surface area contributed by atoms with Crippen molar-refractivity contribution in [3.8, 4) is 11.5 Å². The largest absolute Gasteiger partial charge is 0.493 e. The van der Waals surface area contributed by atoms with Crippen molar-refractivity contribution in [1.29, 1.82) is 0 Å². The number of aliphatic imine (C=N–C) groups is 1. The Morgan fingerprint density at radius 2 is 1.84 bits per heavy atom. The number of fused-ring (bicyclic) bond motifs is 1. The van der Waals surface area contributed by atoms with Crippen LogP contribution in [0.25, 0.3) is 0 Å². The van der Waals surface area contributed by atoms with Gasteiger partial charge in [0.05, 0.1) is 14.2 Å². The van der Waals surface area contributed by atoms with E-state index in [2.05, 4.69) is 43.3 Å². The molecule has 2 N–H and O–H groups in total. The number of methoxy groups -OCH3 is 2. The van der Waals surface area contributed by atoms with Crippen molar-refractivity contribution in [1.82, 2.24) is 15.5 Å². The molecule has 7 heteroatoms. The van der Waals surface area contributed by atoms with E-state index < -0.39 is 0 Å². The summed E-state index contributed by atoms with van der Waals surface area (Å²) >= 11 is 0. The molecule has 0 spiro atoms. The van der Waals surface area contributed by atoms with E-state index >= 15 is 0 Å². The summed E-state index contributed by atoms with van der Waals surface area (Å²) in [6, 6.07) is 4.37. The molecule has 0 saturated carbocycles. The maximum absolute atomic E-state index is 12.8. The molecule has 32 heavy (non-hydrogen) atoms. The molecule has 1 aliphatic heterocycles. The minimum Gasteiger partial charge on any atom is -0.493 e. The van der Waals surface area contributed by atoms with Crippen molar-refractivity contribution in [3.05, 3.63) is 23.3 Å². The second kappa shape index (κ2) is 12.0. The van der Waals surface area contributed by atoms with Gasteiger partial charge in [-0.1, -0.05) is 20.8 Å². The van der Waals surface area contributed by atoms with Gasteiger partial charge in [0.2, 0.25) is 5.91 Å². The third-order valence-electron chi connectivity index (χ3n) is 5.86. The highest BCUT2D eigenvalue weighted by Gasteiger charge is 2.22. The highest BCUT2D eigenvalue weighted by Crippen LogP contribution is 2.33. The zero-order chi connectivity index (χ0) is 23.7. The molecule has 7 nitrogen and oxygen atoms in total. The second-order valence-corrected chi connectivity index (χ2v) is 9.79. The minimum absolute atomic E-state index is 0.189. The van der Waals surface area contributed by atoms with E-state index in [1.807, 2.05) is 17.0 Å². The predicted octanol–water partition coefficient (Wildman–Crippen LogP) is 3.75. The lowest BCUT2D eigenvalue weighted by molar-refractivity contribution is -0.132. The SMILES string of the molecule is CN=C(NCCCC(=O)N1CCc2cc(OC)c(OC)cc2C1)NC(C)CCC(C)(C)C. The average molecular weight is 447 g/mol. The Morgan fingerprint density at radius 1 is 1.19 bits per heavy atom. The molecule has 0 saturated heterocycles. The Morgan fingerprint density at radius 3 is 2.44 bits per heavy atom. The lowest BCUT2D eigenvalue weighted by atomic mass is 9.89. The third-order valence-corrected chi connectivity index (χ3v) is 5.86. The molecule has 0 aliphatic carbocycles. The van der Waals surface area contributed by atoms with Gasteiger partial charge in [-0.3, -0.25) is 9.79 Å². The minimum atomic E-state index is 0.189. The van der Waals surface area contributed by atoms with E-state index in [0.717, 1.165) is 49.5 Å². The molecule has 1 aliphatic rings. The van der Waals surface area contributed by atoms with Gasteiger partial charge >= 0.3 is 0 Å². The van der Waals surface area contributed by atoms with Gasteiger partial charge in [0.25, 0.3) is 0 Å². The number of rotatable bonds is 9. The van der Waals surface area contributed by atoms with E-state index in [1.165, 1.54) is 5.56 Å². The van der Waals surface area contributed by atoms with Crippen molar-refractivity contribution in [3.63, 3.8) is 0 Å². The van der Waals surface area contributed by atoms with Crippen LogP contribution in [0.1, 0.15) is 64.5 Å². The van der Waals surface area contributed by atoms with E-state index in [9.17, 15) is 4.79 Å². The number of ether oxygens (including phenoxy) is 2. The highest BCUT2D eigenvalue weighted by molar-refractivity contribution is 5.80. The van der Waals surface area contributed by atoms with Crippen molar-refractivity contribution in [2.45, 2.75) is 72.4 Å². The molecule has 0 fully saturated rings. The summed E-state index contributed by atoms with van der Waals surface area (Å²) in [4.78, 5) is 19.0. The third kappa shape index (κ3) is 7.92. The molecule has 0 bridgehead atoms. The van der Waals surface area contributed by atoms with Gasteiger partial charge in [-0.05, 0) is 61.3 Å². The van der Waals surface area contributed by atoms with Gasteiger partial charge in [-0.25, -0.2) is 0 Å². The number of hydrogen-bond acceptors (Lipinski definition) is 4. The fraction of sp³-hybridized carbons (Fsp3) is 0.680. The average Bonchev–Trinajstić information content (AvgIpc) is 2.77. The summed E-state index contributed by atoms with van der Waals surface area (Å²) in [6.45, 7) is 11.0. The van der Waals surface area contributed by atoms with Crippen LogP contribution in [0, 0.1) is 5.41 Å². The number of hydrogen-bond donors (Lipinski definition) is 2. The Labute approximate surface area is 194 Å². The maximum atomic E-state index is 12.8. The molecule has 1 aromatic carbocycles. The molecule has 2 rings (SSSR count). The summed E-state index contributed by atoms with van der Waals surface area (Å²) in [7, 11) is 5.07. The van der Waals surface area contributed by atoms with E-state index in [4.69, 9.17) is 9.47 Å². The first kappa shape index (κ1) is 25.8. The van der Waals surface area contributed by atoms with Crippen LogP contribution >= 0.6 is 0 Å². The Hall–Kier alpha value is -2.44. The van der Waals surface area contributed by atoms with Gasteiger partial charge in [0, 0.05) is 39.1 Å². The van der Waals surface area contributed by atoms with E-state index in [1.54, 1.807) is 21.3 Å². The molecule has 1 aromatic rings. The number of guanidine groups is 1. The van der Waals surface area contributed by atoms with E-state index in [0.29, 0.717) is 36.7 Å². The summed E-state index contributed by atoms with van der Waals surface area (Å²) in [6.07, 6.45) is 4.38. The molecular weight excluding hydrogens is 404 g/mol. The number of nitrogens with zero attached hydrogens (tertiary/aromatic N) is 2. The van der Waals surface area contributed by atoms with Crippen molar-refractivity contribution >= 4 is 11.9 Å². The first-order valence-corrected chi connectivity index (χ1v) is 11.7. The zero-order valence-corrected chi connectivity index (χ0v) is 21.0. The van der Waals surface area contributed by atoms with Crippen molar-refractivity contribution in [2.24, 2.45) is 10.4 Å². The smallest absolute Gasteiger partial charge is 0.222 e. The maximum Gasteiger partial charge on any atom is 0.222 e. The Bertz CT molecular complexity index is 786. The summed E-state index contributed by atoms with van der Waals surface area (Å²) in [5.41, 5.74) is 2.69. The summed E-state index contributed by atoms with van der Waals surface area (Å²) in [5.74, 6) is 2.44. The molecule has 1 heterocycles. The molecule has 180 valence electrons. The zero-order valence-electron chi connectivity index (χ0n) is 21.0. The number of amides is 1. The van der Waals surface area contributed by atoms with Crippen LogP contribution in [-0.2, 0) is 17.8 Å². The molecule has 0 aromatic heterocycles. The molecule has 1 amide bonds. The van der Waals surface area contributed by atoms with Gasteiger partial charge in [0.1, 0.15) is 0 Å². The predicted molar refractivity (Wildman–Crippen MR) is 131 cm³/mol. The summed E-state index contributed by atoms with van der Waals surface area (Å²) < 4.78 is 10.8. The van der Waals surface area contributed by atoms with Gasteiger partial charge in [0.15, 0.2) is 17.5 Å². The van der Waals surface area contributed by atoms with Gasteiger partial charge in [-0.15, -0.1) is 0 Å². The number of benzene rings is 1. The van der Waals surface area contributed by atoms with Crippen LogP contribution in [0.15, 0.2) is 17.1 Å². The summed E-state index contributed by atoms with van der Waals surface area (Å²) in [5, 5.41) is 6.78. The monoisotopic (exact) mass is 446 g/mol. The van der Waals surface area contributed by atoms with E-state index in [-0.39, 0.29) is 5.91 Å². The number of nitrogens with one attached hydrogen (secondary N) is 2. The molecule has 1 atom stereocenters. The standard InChI is InChI=1S/C25H42N4O3/c1-18(10-12-25(2,3)4)28-24(26-5)27-13-8-9-23(30)29-14-11-19-15-21(31-6)22(32-7)16-20(19)17-29/h15-16,18H,8-14,17H2,1-7H3,(H2,26,27,28). The molecule has 0 radical (unpaired) electrons. The lowest BCUT2D eigenvalue weighted by Crippen LogP contribution is -2.43. The Balaban J connectivity index is 1.76. The second-order valence-electron chi connectivity index (χ2n) is 9.79. The van der Waals surface area contributed by atoms with Crippen LogP contribution in [-0.4, -0.2) is 57.2 Å². The van der Waals surface area contributed by atoms with Crippen LogP contribution in [0.3, 0.4) is 0 Å². The number of carbonyl (C=O) groups is 1. The van der Waals surface area contributed by atoms with Crippen molar-refractivity contribution in [2.75, 3.05) is 34.4 Å². The fourth-order valence-corrected chi connectivity index (χ4v) is 3.85. The topological polar surface area (TPSA) is 75.2 Å². The van der Waals surface area contributed by atoms with Crippen LogP contribution in [0.5, 0.6) is 11.5 Å². The highest BCUT2D eigenvalue weighted by atomic mass is 16.5. The lowest BCUT2D eigenvalue weighted by Gasteiger charge is -2.30. The van der Waals surface area contributed by atoms with Crippen molar-refractivity contribution < 1.29 is 14.3 Å². The van der Waals surface area contributed by atoms with Crippen LogP contribution in [0.4, 0.5) is 0 Å². The van der Waals surface area contributed by atoms with Gasteiger partial charge in [-0.2, -0.15) is 0 Å². The van der Waals surface area contributed by atoms with Crippen LogP contribution < -0.4 is 20.1 Å². The fourth-order valence-electron chi connectivity index (χ4n) is 3.85. The number of carbonyl (C=O) groups excluding carboxylic acids is 1. The van der Waals surface area contributed by atoms with Crippen LogP contribution in [0.2, 0.25) is 0 Å². The first-order valence-electron chi connectivity index (χ1n) is 11.7. The molecular formula is C25H42N4O3.